The number of rotatable bonds is 6. The van der Waals surface area contributed by atoms with Gasteiger partial charge in [0.2, 0.25) is 6.79 Å². The van der Waals surface area contributed by atoms with Gasteiger partial charge in [-0.3, -0.25) is 4.79 Å². The molecule has 0 fully saturated rings. The number of nitrogens with one attached hydrogen (secondary N) is 1. The van der Waals surface area contributed by atoms with Crippen molar-refractivity contribution in [3.63, 3.8) is 0 Å². The molecule has 0 spiro atoms. The Morgan fingerprint density at radius 3 is 2.58 bits per heavy atom. The highest BCUT2D eigenvalue weighted by Gasteiger charge is 2.20. The molecule has 1 aromatic heterocycles. The van der Waals surface area contributed by atoms with Gasteiger partial charge in [0.25, 0.3) is 5.91 Å². The fraction of sp³-hybridized carbons (Fsp3) is 0.250. The van der Waals surface area contributed by atoms with Crippen molar-refractivity contribution in [2.75, 3.05) is 13.4 Å². The average molecular weight is 420 g/mol. The van der Waals surface area contributed by atoms with E-state index in [9.17, 15) is 9.59 Å². The lowest BCUT2D eigenvalue weighted by Gasteiger charge is -2.15. The Morgan fingerprint density at radius 2 is 1.81 bits per heavy atom. The van der Waals surface area contributed by atoms with Crippen molar-refractivity contribution in [1.82, 2.24) is 9.88 Å². The molecule has 1 aliphatic heterocycles. The van der Waals surface area contributed by atoms with Crippen LogP contribution in [0.25, 0.3) is 5.69 Å². The molecule has 4 rings (SSSR count). The lowest BCUT2D eigenvalue weighted by Crippen LogP contribution is -2.31. The van der Waals surface area contributed by atoms with Crippen LogP contribution in [0.15, 0.2) is 54.6 Å². The highest BCUT2D eigenvalue weighted by molar-refractivity contribution is 5.93. The highest BCUT2D eigenvalue weighted by atomic mass is 16.7. The van der Waals surface area contributed by atoms with E-state index in [2.05, 4.69) is 5.32 Å². The van der Waals surface area contributed by atoms with Crippen LogP contribution in [0.5, 0.6) is 11.5 Å². The first-order valence-corrected chi connectivity index (χ1v) is 10.0. The van der Waals surface area contributed by atoms with Crippen molar-refractivity contribution in [1.29, 1.82) is 0 Å². The van der Waals surface area contributed by atoms with Crippen LogP contribution >= 0.6 is 0 Å². The van der Waals surface area contributed by atoms with Crippen LogP contribution in [-0.4, -0.2) is 29.8 Å². The molecular weight excluding hydrogens is 396 g/mol. The zero-order valence-electron chi connectivity index (χ0n) is 17.7. The molecule has 3 aromatic rings. The van der Waals surface area contributed by atoms with Gasteiger partial charge in [-0.05, 0) is 56.7 Å². The molecule has 1 amide bonds. The molecule has 31 heavy (non-hydrogen) atoms. The molecule has 0 aliphatic carbocycles. The molecule has 0 bridgehead atoms. The average Bonchev–Trinajstić information content (AvgIpc) is 3.35. The quantitative estimate of drug-likeness (QED) is 0.613. The minimum absolute atomic E-state index is 0.195. The smallest absolute Gasteiger partial charge is 0.340 e. The number of carbonyl (C=O) groups excluding carboxylic acids is 2. The molecule has 7 nitrogen and oxygen atoms in total. The zero-order chi connectivity index (χ0) is 22.0. The van der Waals surface area contributed by atoms with Gasteiger partial charge < -0.3 is 24.1 Å². The summed E-state index contributed by atoms with van der Waals surface area (Å²) in [5.74, 6) is 0.430. The van der Waals surface area contributed by atoms with Crippen molar-refractivity contribution in [3.8, 4) is 17.2 Å². The summed E-state index contributed by atoms with van der Waals surface area (Å²) in [4.78, 5) is 24.9. The van der Waals surface area contributed by atoms with Gasteiger partial charge >= 0.3 is 5.97 Å². The first-order valence-electron chi connectivity index (χ1n) is 10.0. The second-order valence-electron chi connectivity index (χ2n) is 7.43. The Bertz CT molecular complexity index is 1120. The van der Waals surface area contributed by atoms with E-state index in [0.29, 0.717) is 17.1 Å². The van der Waals surface area contributed by atoms with E-state index in [4.69, 9.17) is 14.2 Å². The van der Waals surface area contributed by atoms with Gasteiger partial charge in [-0.1, -0.05) is 24.3 Å². The Labute approximate surface area is 180 Å². The number of carbonyl (C=O) groups is 2. The number of para-hydroxylation sites is 1. The summed E-state index contributed by atoms with van der Waals surface area (Å²) < 4.78 is 17.9. The van der Waals surface area contributed by atoms with E-state index < -0.39 is 5.97 Å². The molecule has 7 heteroatoms. The lowest BCUT2D eigenvalue weighted by molar-refractivity contribution is -0.124. The topological polar surface area (TPSA) is 78.8 Å². The summed E-state index contributed by atoms with van der Waals surface area (Å²) in [5.41, 5.74) is 3.96. The number of fused-ring (bicyclic) bond motifs is 1. The van der Waals surface area contributed by atoms with Gasteiger partial charge in [0.05, 0.1) is 11.6 Å². The van der Waals surface area contributed by atoms with E-state index in [0.717, 1.165) is 22.6 Å². The third kappa shape index (κ3) is 4.26. The molecule has 0 unspecified atom stereocenters. The number of ether oxygens (including phenoxy) is 3. The van der Waals surface area contributed by atoms with Gasteiger partial charge in [-0.15, -0.1) is 0 Å². The number of amides is 1. The first kappa shape index (κ1) is 20.5. The number of aromatic nitrogens is 1. The van der Waals surface area contributed by atoms with E-state index >= 15 is 0 Å². The van der Waals surface area contributed by atoms with Crippen LogP contribution in [0.1, 0.15) is 40.3 Å². The van der Waals surface area contributed by atoms with Gasteiger partial charge in [-0.2, -0.15) is 0 Å². The fourth-order valence-electron chi connectivity index (χ4n) is 3.70. The fourth-order valence-corrected chi connectivity index (χ4v) is 3.70. The first-order chi connectivity index (χ1) is 14.9. The van der Waals surface area contributed by atoms with Crippen LogP contribution in [0.2, 0.25) is 0 Å². The molecule has 2 heterocycles. The molecule has 1 atom stereocenters. The Hall–Kier alpha value is -3.74. The predicted octanol–water partition coefficient (Wildman–Crippen LogP) is 3.86. The van der Waals surface area contributed by atoms with E-state index in [1.54, 1.807) is 6.07 Å². The summed E-state index contributed by atoms with van der Waals surface area (Å²) in [6.45, 7) is 5.47. The van der Waals surface area contributed by atoms with Crippen molar-refractivity contribution < 1.29 is 23.8 Å². The molecule has 1 aliphatic rings. The minimum Gasteiger partial charge on any atom is -0.454 e. The van der Waals surface area contributed by atoms with Gasteiger partial charge in [0, 0.05) is 17.1 Å². The Morgan fingerprint density at radius 1 is 1.06 bits per heavy atom. The normalized spacial score (nSPS) is 13.0. The lowest BCUT2D eigenvalue weighted by atomic mass is 10.1. The van der Waals surface area contributed by atoms with Crippen molar-refractivity contribution in [3.05, 3.63) is 77.1 Å². The number of esters is 1. The highest BCUT2D eigenvalue weighted by Crippen LogP contribution is 2.34. The predicted molar refractivity (Wildman–Crippen MR) is 115 cm³/mol. The zero-order valence-corrected chi connectivity index (χ0v) is 17.7. The van der Waals surface area contributed by atoms with Crippen LogP contribution in [0, 0.1) is 13.8 Å². The summed E-state index contributed by atoms with van der Waals surface area (Å²) in [7, 11) is 0. The maximum absolute atomic E-state index is 12.6. The third-order valence-electron chi connectivity index (χ3n) is 5.27. The van der Waals surface area contributed by atoms with E-state index in [1.165, 1.54) is 0 Å². The van der Waals surface area contributed by atoms with Crippen molar-refractivity contribution in [2.24, 2.45) is 0 Å². The Balaban J connectivity index is 1.37. The molecular formula is C24H24N2O5. The Kier molecular flexibility index (Phi) is 5.66. The summed E-state index contributed by atoms with van der Waals surface area (Å²) >= 11 is 0. The van der Waals surface area contributed by atoms with Crippen LogP contribution < -0.4 is 14.8 Å². The maximum Gasteiger partial charge on any atom is 0.340 e. The molecule has 1 N–H and O–H groups in total. The second-order valence-corrected chi connectivity index (χ2v) is 7.43. The molecule has 160 valence electrons. The van der Waals surface area contributed by atoms with Crippen molar-refractivity contribution >= 4 is 11.9 Å². The molecule has 0 saturated heterocycles. The number of aryl methyl sites for hydroxylation is 1. The summed E-state index contributed by atoms with van der Waals surface area (Å²) in [5, 5.41) is 2.83. The molecule has 2 aromatic carbocycles. The van der Waals surface area contributed by atoms with Gasteiger partial charge in [0.1, 0.15) is 0 Å². The maximum atomic E-state index is 12.6. The number of hydrogen-bond donors (Lipinski definition) is 1. The second kappa shape index (κ2) is 8.55. The largest absolute Gasteiger partial charge is 0.454 e. The summed E-state index contributed by atoms with van der Waals surface area (Å²) in [6, 6.07) is 16.8. The van der Waals surface area contributed by atoms with Gasteiger partial charge in [-0.25, -0.2) is 4.79 Å². The molecule has 0 radical (unpaired) electrons. The summed E-state index contributed by atoms with van der Waals surface area (Å²) in [6.07, 6.45) is 0. The third-order valence-corrected chi connectivity index (χ3v) is 5.27. The monoisotopic (exact) mass is 420 g/mol. The van der Waals surface area contributed by atoms with E-state index in [1.807, 2.05) is 73.9 Å². The minimum atomic E-state index is -0.527. The van der Waals surface area contributed by atoms with Gasteiger partial charge in [0.15, 0.2) is 18.1 Å². The SMILES string of the molecule is Cc1cc(C(=O)OCC(=O)N[C@H](C)c2ccc3c(c2)OCO3)c(C)n1-c1ccccc1. The number of nitrogens with zero attached hydrogens (tertiary/aromatic N) is 1. The van der Waals surface area contributed by atoms with Crippen LogP contribution in [0.4, 0.5) is 0 Å². The van der Waals surface area contributed by atoms with Crippen LogP contribution in [-0.2, 0) is 9.53 Å². The number of benzene rings is 2. The van der Waals surface area contributed by atoms with Crippen LogP contribution in [0.3, 0.4) is 0 Å². The van der Waals surface area contributed by atoms with Crippen molar-refractivity contribution in [2.45, 2.75) is 26.8 Å². The molecule has 0 saturated carbocycles. The number of hydrogen-bond acceptors (Lipinski definition) is 5. The van der Waals surface area contributed by atoms with E-state index in [-0.39, 0.29) is 25.3 Å². The standard InChI is InChI=1S/C24H24N2O5/c1-15-11-20(17(3)26(15)19-7-5-4-6-8-19)24(28)29-13-23(27)25-16(2)18-9-10-21-22(12-18)31-14-30-21/h4-12,16H,13-14H2,1-3H3,(H,25,27)/t16-/m1/s1.